The Morgan fingerprint density at radius 3 is 2.40 bits per heavy atom. The lowest BCUT2D eigenvalue weighted by Gasteiger charge is -2.33. The van der Waals surface area contributed by atoms with Crippen LogP contribution < -0.4 is 4.90 Å². The summed E-state index contributed by atoms with van der Waals surface area (Å²) in [4.78, 5) is 13.1. The predicted molar refractivity (Wildman–Crippen MR) is 94.3 cm³/mol. The van der Waals surface area contributed by atoms with Crippen molar-refractivity contribution < 1.29 is 4.42 Å². The minimum absolute atomic E-state index is 0.517. The second-order valence-corrected chi connectivity index (χ2v) is 6.26. The first-order valence-corrected chi connectivity index (χ1v) is 8.48. The van der Waals surface area contributed by atoms with Crippen LogP contribution in [0.15, 0.2) is 47.1 Å². The van der Waals surface area contributed by atoms with Gasteiger partial charge in [-0.2, -0.15) is 0 Å². The van der Waals surface area contributed by atoms with E-state index in [-0.39, 0.29) is 0 Å². The molecule has 0 spiro atoms. The molecule has 1 saturated heterocycles. The van der Waals surface area contributed by atoms with Crippen molar-refractivity contribution in [2.75, 3.05) is 31.1 Å². The van der Waals surface area contributed by atoms with Gasteiger partial charge in [0, 0.05) is 49.2 Å². The second kappa shape index (κ2) is 7.16. The summed E-state index contributed by atoms with van der Waals surface area (Å²) in [5.41, 5.74) is 0.870. The minimum atomic E-state index is 0.517. The Kier molecular flexibility index (Phi) is 4.58. The average Bonchev–Trinajstić information content (AvgIpc) is 3.12. The van der Waals surface area contributed by atoms with E-state index in [9.17, 15) is 0 Å². The number of piperazine rings is 1. The number of aromatic nitrogens is 4. The minimum Gasteiger partial charge on any atom is -0.419 e. The molecular weight excluding hydrogens is 340 g/mol. The van der Waals surface area contributed by atoms with Crippen LogP contribution >= 0.6 is 11.6 Å². The lowest BCUT2D eigenvalue weighted by atomic mass is 10.2. The van der Waals surface area contributed by atoms with Crippen LogP contribution in [-0.2, 0) is 6.54 Å². The quantitative estimate of drug-likeness (QED) is 0.711. The molecule has 1 aromatic carbocycles. The third kappa shape index (κ3) is 3.78. The number of rotatable bonds is 4. The molecule has 2 aromatic heterocycles. The molecule has 1 fully saturated rings. The van der Waals surface area contributed by atoms with E-state index in [0.29, 0.717) is 23.3 Å². The molecule has 1 aliphatic heterocycles. The van der Waals surface area contributed by atoms with Crippen molar-refractivity contribution in [2.45, 2.75) is 6.54 Å². The lowest BCUT2D eigenvalue weighted by Crippen LogP contribution is -2.46. The summed E-state index contributed by atoms with van der Waals surface area (Å²) in [5, 5.41) is 8.97. The molecule has 25 heavy (non-hydrogen) atoms. The molecule has 7 nitrogen and oxygen atoms in total. The first kappa shape index (κ1) is 16.0. The number of nitrogens with zero attached hydrogens (tertiary/aromatic N) is 6. The molecule has 0 amide bonds. The molecule has 128 valence electrons. The SMILES string of the molecule is Clc1ccc(-c2nnc(CN3CCN(c4ncccn4)CC3)o2)cc1. The van der Waals surface area contributed by atoms with E-state index in [4.69, 9.17) is 16.0 Å². The molecule has 0 aliphatic carbocycles. The highest BCUT2D eigenvalue weighted by molar-refractivity contribution is 6.30. The summed E-state index contributed by atoms with van der Waals surface area (Å²) in [5.74, 6) is 1.92. The van der Waals surface area contributed by atoms with E-state index in [0.717, 1.165) is 37.7 Å². The van der Waals surface area contributed by atoms with Gasteiger partial charge in [-0.05, 0) is 30.3 Å². The third-order valence-corrected chi connectivity index (χ3v) is 4.38. The highest BCUT2D eigenvalue weighted by atomic mass is 35.5. The maximum atomic E-state index is 5.90. The molecule has 0 N–H and O–H groups in total. The van der Waals surface area contributed by atoms with Gasteiger partial charge in [-0.15, -0.1) is 10.2 Å². The van der Waals surface area contributed by atoms with E-state index in [1.165, 1.54) is 0 Å². The van der Waals surface area contributed by atoms with Crippen molar-refractivity contribution in [1.82, 2.24) is 25.1 Å². The molecule has 0 saturated carbocycles. The Morgan fingerprint density at radius 1 is 0.960 bits per heavy atom. The Balaban J connectivity index is 1.35. The average molecular weight is 357 g/mol. The third-order valence-electron chi connectivity index (χ3n) is 4.12. The largest absolute Gasteiger partial charge is 0.419 e. The Bertz CT molecular complexity index is 815. The summed E-state index contributed by atoms with van der Waals surface area (Å²) < 4.78 is 5.78. The van der Waals surface area contributed by atoms with Crippen molar-refractivity contribution in [1.29, 1.82) is 0 Å². The van der Waals surface area contributed by atoms with Crippen molar-refractivity contribution in [3.63, 3.8) is 0 Å². The van der Waals surface area contributed by atoms with Crippen LogP contribution in [-0.4, -0.2) is 51.2 Å². The molecular formula is C17H17ClN6O. The van der Waals surface area contributed by atoms with Gasteiger partial charge in [-0.25, -0.2) is 9.97 Å². The van der Waals surface area contributed by atoms with Gasteiger partial charge in [0.2, 0.25) is 17.7 Å². The van der Waals surface area contributed by atoms with E-state index in [1.807, 2.05) is 30.3 Å². The Morgan fingerprint density at radius 2 is 1.68 bits per heavy atom. The zero-order valence-corrected chi connectivity index (χ0v) is 14.3. The van der Waals surface area contributed by atoms with E-state index in [2.05, 4.69) is 30.0 Å². The summed E-state index contributed by atoms with van der Waals surface area (Å²) in [6, 6.07) is 9.20. The molecule has 8 heteroatoms. The maximum Gasteiger partial charge on any atom is 0.247 e. The zero-order chi connectivity index (χ0) is 17.1. The van der Waals surface area contributed by atoms with Gasteiger partial charge < -0.3 is 9.32 Å². The number of hydrogen-bond donors (Lipinski definition) is 0. The maximum absolute atomic E-state index is 5.90. The molecule has 0 bridgehead atoms. The van der Waals surface area contributed by atoms with Crippen LogP contribution in [0.25, 0.3) is 11.5 Å². The predicted octanol–water partition coefficient (Wildman–Crippen LogP) is 2.50. The number of halogens is 1. The van der Waals surface area contributed by atoms with Crippen LogP contribution in [0.2, 0.25) is 5.02 Å². The number of hydrogen-bond acceptors (Lipinski definition) is 7. The summed E-state index contributed by atoms with van der Waals surface area (Å²) >= 11 is 5.90. The monoisotopic (exact) mass is 356 g/mol. The van der Waals surface area contributed by atoms with Crippen LogP contribution in [0.1, 0.15) is 5.89 Å². The second-order valence-electron chi connectivity index (χ2n) is 5.82. The van der Waals surface area contributed by atoms with Crippen molar-refractivity contribution in [3.8, 4) is 11.5 Å². The normalized spacial score (nSPS) is 15.5. The fourth-order valence-electron chi connectivity index (χ4n) is 2.78. The van der Waals surface area contributed by atoms with E-state index < -0.39 is 0 Å². The van der Waals surface area contributed by atoms with Crippen molar-refractivity contribution in [3.05, 3.63) is 53.6 Å². The van der Waals surface area contributed by atoms with E-state index in [1.54, 1.807) is 12.4 Å². The van der Waals surface area contributed by atoms with Gasteiger partial charge in [0.05, 0.1) is 6.54 Å². The molecule has 3 aromatic rings. The van der Waals surface area contributed by atoms with Gasteiger partial charge in [0.25, 0.3) is 0 Å². The molecule has 0 atom stereocenters. The Hall–Kier alpha value is -2.51. The molecule has 0 radical (unpaired) electrons. The summed E-state index contributed by atoms with van der Waals surface area (Å²) in [6.45, 7) is 4.20. The van der Waals surface area contributed by atoms with Crippen LogP contribution in [0.5, 0.6) is 0 Å². The first-order valence-electron chi connectivity index (χ1n) is 8.10. The zero-order valence-electron chi connectivity index (χ0n) is 13.5. The van der Waals surface area contributed by atoms with Gasteiger partial charge in [0.1, 0.15) is 0 Å². The molecule has 3 heterocycles. The Labute approximate surface area is 150 Å². The van der Waals surface area contributed by atoms with Crippen LogP contribution in [0.3, 0.4) is 0 Å². The number of benzene rings is 1. The highest BCUT2D eigenvalue weighted by Gasteiger charge is 2.20. The van der Waals surface area contributed by atoms with Crippen molar-refractivity contribution >= 4 is 17.5 Å². The van der Waals surface area contributed by atoms with Crippen molar-refractivity contribution in [2.24, 2.45) is 0 Å². The van der Waals surface area contributed by atoms with Gasteiger partial charge in [0.15, 0.2) is 0 Å². The highest BCUT2D eigenvalue weighted by Crippen LogP contribution is 2.21. The smallest absolute Gasteiger partial charge is 0.247 e. The van der Waals surface area contributed by atoms with Crippen LogP contribution in [0, 0.1) is 0 Å². The van der Waals surface area contributed by atoms with Gasteiger partial charge >= 0.3 is 0 Å². The molecule has 1 aliphatic rings. The lowest BCUT2D eigenvalue weighted by molar-refractivity contribution is 0.226. The van der Waals surface area contributed by atoms with Crippen LogP contribution in [0.4, 0.5) is 5.95 Å². The standard InChI is InChI=1S/C17H17ClN6O/c18-14-4-2-13(3-5-14)16-22-21-15(25-16)12-23-8-10-24(11-9-23)17-19-6-1-7-20-17/h1-7H,8-12H2. The summed E-state index contributed by atoms with van der Waals surface area (Å²) in [7, 11) is 0. The van der Waals surface area contributed by atoms with E-state index >= 15 is 0 Å². The molecule has 0 unspecified atom stereocenters. The van der Waals surface area contributed by atoms with Gasteiger partial charge in [-0.3, -0.25) is 4.90 Å². The first-order chi connectivity index (χ1) is 12.3. The molecule has 4 rings (SSSR count). The fraction of sp³-hybridized carbons (Fsp3) is 0.294. The topological polar surface area (TPSA) is 71.2 Å². The summed E-state index contributed by atoms with van der Waals surface area (Å²) in [6.07, 6.45) is 3.54. The number of anilines is 1. The van der Waals surface area contributed by atoms with Gasteiger partial charge in [-0.1, -0.05) is 11.6 Å². The fourth-order valence-corrected chi connectivity index (χ4v) is 2.90.